The van der Waals surface area contributed by atoms with Crippen molar-refractivity contribution >= 4 is 5.91 Å². The Labute approximate surface area is 136 Å². The van der Waals surface area contributed by atoms with Crippen molar-refractivity contribution in [1.29, 1.82) is 0 Å². The molecule has 0 saturated carbocycles. The molecule has 1 saturated heterocycles. The van der Waals surface area contributed by atoms with Gasteiger partial charge in [-0.25, -0.2) is 0 Å². The number of nitrogens with zero attached hydrogens (tertiary/aromatic N) is 1. The summed E-state index contributed by atoms with van der Waals surface area (Å²) in [5.41, 5.74) is -0.192. The molecular formula is C16H25N3O4. The molecule has 2 N–H and O–H groups in total. The van der Waals surface area contributed by atoms with Gasteiger partial charge in [0, 0.05) is 26.4 Å². The Bertz CT molecular complexity index is 553. The Morgan fingerprint density at radius 2 is 2.39 bits per heavy atom. The first kappa shape index (κ1) is 17.5. The summed E-state index contributed by atoms with van der Waals surface area (Å²) in [6.07, 6.45) is 4.02. The van der Waals surface area contributed by atoms with Gasteiger partial charge >= 0.3 is 0 Å². The van der Waals surface area contributed by atoms with E-state index in [1.54, 1.807) is 30.0 Å². The lowest BCUT2D eigenvalue weighted by atomic mass is 10.00. The maximum absolute atomic E-state index is 12.4. The van der Waals surface area contributed by atoms with Crippen molar-refractivity contribution in [1.82, 2.24) is 15.2 Å². The third kappa shape index (κ3) is 5.69. The quantitative estimate of drug-likeness (QED) is 0.658. The molecule has 2 rings (SSSR count). The van der Waals surface area contributed by atoms with Gasteiger partial charge in [-0.3, -0.25) is 9.59 Å². The van der Waals surface area contributed by atoms with Crippen LogP contribution in [-0.4, -0.2) is 50.4 Å². The molecule has 1 aromatic rings. The highest BCUT2D eigenvalue weighted by atomic mass is 16.5. The summed E-state index contributed by atoms with van der Waals surface area (Å²) in [5, 5.41) is 5.99. The molecule has 2 heterocycles. The molecular weight excluding hydrogens is 298 g/mol. The monoisotopic (exact) mass is 323 g/mol. The number of piperidine rings is 1. The number of hydrogen-bond acceptors (Lipinski definition) is 5. The Morgan fingerprint density at radius 1 is 1.52 bits per heavy atom. The molecule has 1 aliphatic rings. The summed E-state index contributed by atoms with van der Waals surface area (Å²) in [6, 6.07) is 3.37. The van der Waals surface area contributed by atoms with Gasteiger partial charge < -0.3 is 24.7 Å². The maximum Gasteiger partial charge on any atom is 0.292 e. The third-order valence-electron chi connectivity index (χ3n) is 3.83. The van der Waals surface area contributed by atoms with Gasteiger partial charge in [0.15, 0.2) is 12.4 Å². The molecule has 1 aliphatic heterocycles. The van der Waals surface area contributed by atoms with Crippen molar-refractivity contribution in [3.8, 4) is 5.75 Å². The number of nitrogens with one attached hydrogen (secondary N) is 2. The highest BCUT2D eigenvalue weighted by molar-refractivity contribution is 5.77. The second-order valence-electron chi connectivity index (χ2n) is 5.67. The first-order chi connectivity index (χ1) is 11.2. The minimum Gasteiger partial charge on any atom is -0.478 e. The molecule has 7 heteroatoms. The van der Waals surface area contributed by atoms with Gasteiger partial charge in [-0.2, -0.15) is 0 Å². The molecule has 7 nitrogen and oxygen atoms in total. The number of rotatable bonds is 8. The van der Waals surface area contributed by atoms with Gasteiger partial charge in [0.1, 0.15) is 0 Å². The number of ether oxygens (including phenoxy) is 2. The Balaban J connectivity index is 1.88. The number of aromatic nitrogens is 1. The zero-order valence-electron chi connectivity index (χ0n) is 13.5. The van der Waals surface area contributed by atoms with E-state index < -0.39 is 0 Å². The van der Waals surface area contributed by atoms with Crippen LogP contribution in [0.3, 0.4) is 0 Å². The van der Waals surface area contributed by atoms with Crippen LogP contribution in [0.4, 0.5) is 0 Å². The van der Waals surface area contributed by atoms with E-state index in [2.05, 4.69) is 10.6 Å². The lowest BCUT2D eigenvalue weighted by molar-refractivity contribution is -0.123. The van der Waals surface area contributed by atoms with Gasteiger partial charge in [0.25, 0.3) is 11.5 Å². The minimum atomic E-state index is -0.270. The lowest BCUT2D eigenvalue weighted by Gasteiger charge is -2.23. The Kier molecular flexibility index (Phi) is 7.09. The van der Waals surface area contributed by atoms with Crippen LogP contribution in [0.1, 0.15) is 12.8 Å². The predicted molar refractivity (Wildman–Crippen MR) is 86.7 cm³/mol. The molecule has 23 heavy (non-hydrogen) atoms. The fourth-order valence-corrected chi connectivity index (χ4v) is 2.61. The van der Waals surface area contributed by atoms with Gasteiger partial charge in [-0.15, -0.1) is 0 Å². The first-order valence-corrected chi connectivity index (χ1v) is 7.99. The fraction of sp³-hybridized carbons (Fsp3) is 0.625. The molecule has 0 bridgehead atoms. The second kappa shape index (κ2) is 9.32. The standard InChI is InChI=1S/C16H25N3O4/c1-22-9-7-18-15(20)12-23-14-5-3-8-19(16(14)21)11-13-4-2-6-17-10-13/h3,5,8,13,17H,2,4,6-7,9-12H2,1H3,(H,18,20). The van der Waals surface area contributed by atoms with E-state index in [0.29, 0.717) is 25.6 Å². The first-order valence-electron chi connectivity index (χ1n) is 7.99. The highest BCUT2D eigenvalue weighted by Crippen LogP contribution is 2.12. The van der Waals surface area contributed by atoms with Crippen LogP contribution in [0.5, 0.6) is 5.75 Å². The summed E-state index contributed by atoms with van der Waals surface area (Å²) in [5.74, 6) is 0.389. The minimum absolute atomic E-state index is 0.173. The molecule has 0 radical (unpaired) electrons. The van der Waals surface area contributed by atoms with Crippen molar-refractivity contribution < 1.29 is 14.3 Å². The third-order valence-corrected chi connectivity index (χ3v) is 3.83. The summed E-state index contributed by atoms with van der Waals surface area (Å²) < 4.78 is 11.9. The lowest BCUT2D eigenvalue weighted by Crippen LogP contribution is -2.35. The topological polar surface area (TPSA) is 81.6 Å². The van der Waals surface area contributed by atoms with Crippen LogP contribution >= 0.6 is 0 Å². The Morgan fingerprint density at radius 3 is 3.13 bits per heavy atom. The number of amides is 1. The smallest absolute Gasteiger partial charge is 0.292 e. The van der Waals surface area contributed by atoms with E-state index in [1.807, 2.05) is 0 Å². The average Bonchev–Trinajstić information content (AvgIpc) is 2.57. The van der Waals surface area contributed by atoms with Crippen molar-refractivity contribution in [2.45, 2.75) is 19.4 Å². The number of hydrogen-bond donors (Lipinski definition) is 2. The van der Waals surface area contributed by atoms with E-state index in [9.17, 15) is 9.59 Å². The molecule has 1 atom stereocenters. The van der Waals surface area contributed by atoms with Gasteiger partial charge in [-0.1, -0.05) is 0 Å². The summed E-state index contributed by atoms with van der Waals surface area (Å²) >= 11 is 0. The van der Waals surface area contributed by atoms with Crippen LogP contribution in [0.15, 0.2) is 23.1 Å². The number of pyridine rings is 1. The van der Waals surface area contributed by atoms with E-state index in [1.165, 1.54) is 0 Å². The molecule has 1 unspecified atom stereocenters. The molecule has 0 aromatic carbocycles. The van der Waals surface area contributed by atoms with E-state index in [0.717, 1.165) is 25.9 Å². The average molecular weight is 323 g/mol. The fourth-order valence-electron chi connectivity index (χ4n) is 2.61. The molecule has 1 fully saturated rings. The predicted octanol–water partition coefficient (Wildman–Crippen LogP) is -0.0107. The summed E-state index contributed by atoms with van der Waals surface area (Å²) in [4.78, 5) is 24.0. The highest BCUT2D eigenvalue weighted by Gasteiger charge is 2.15. The molecule has 0 aliphatic carbocycles. The van der Waals surface area contributed by atoms with Gasteiger partial charge in [0.05, 0.1) is 6.61 Å². The number of carbonyl (C=O) groups is 1. The van der Waals surface area contributed by atoms with Crippen molar-refractivity contribution in [2.75, 3.05) is 40.0 Å². The second-order valence-corrected chi connectivity index (χ2v) is 5.67. The Hall–Kier alpha value is -1.86. The summed E-state index contributed by atoms with van der Waals surface area (Å²) in [6.45, 7) is 3.34. The molecule has 0 spiro atoms. The SMILES string of the molecule is COCCNC(=O)COc1cccn(CC2CCCNC2)c1=O. The van der Waals surface area contributed by atoms with Crippen LogP contribution in [0.25, 0.3) is 0 Å². The van der Waals surface area contributed by atoms with E-state index in [-0.39, 0.29) is 23.8 Å². The molecule has 1 aromatic heterocycles. The largest absolute Gasteiger partial charge is 0.478 e. The van der Waals surface area contributed by atoms with Crippen LogP contribution in [0, 0.1) is 5.92 Å². The zero-order valence-corrected chi connectivity index (χ0v) is 13.5. The van der Waals surface area contributed by atoms with Gasteiger partial charge in [0.2, 0.25) is 0 Å². The number of methoxy groups -OCH3 is 1. The maximum atomic E-state index is 12.4. The van der Waals surface area contributed by atoms with Crippen molar-refractivity contribution in [3.05, 3.63) is 28.7 Å². The normalized spacial score (nSPS) is 17.7. The van der Waals surface area contributed by atoms with Gasteiger partial charge in [-0.05, 0) is 44.0 Å². The molecule has 1 amide bonds. The zero-order chi connectivity index (χ0) is 16.5. The van der Waals surface area contributed by atoms with Crippen molar-refractivity contribution in [3.63, 3.8) is 0 Å². The van der Waals surface area contributed by atoms with E-state index in [4.69, 9.17) is 9.47 Å². The number of carbonyl (C=O) groups excluding carboxylic acids is 1. The summed E-state index contributed by atoms with van der Waals surface area (Å²) in [7, 11) is 1.57. The van der Waals surface area contributed by atoms with Crippen LogP contribution in [0.2, 0.25) is 0 Å². The van der Waals surface area contributed by atoms with Crippen molar-refractivity contribution in [2.24, 2.45) is 5.92 Å². The van der Waals surface area contributed by atoms with Crippen LogP contribution < -0.4 is 20.9 Å². The van der Waals surface area contributed by atoms with E-state index >= 15 is 0 Å². The molecule has 128 valence electrons. The van der Waals surface area contributed by atoms with Crippen LogP contribution in [-0.2, 0) is 16.1 Å².